The minimum Gasteiger partial charge on any atom is -0.341 e. The first kappa shape index (κ1) is 10.7. The number of hydrogen-bond donors (Lipinski definition) is 1. The molecule has 0 unspecified atom stereocenters. The van der Waals surface area contributed by atoms with E-state index in [1.807, 2.05) is 0 Å². The molecule has 2 rings (SSSR count). The van der Waals surface area contributed by atoms with Gasteiger partial charge in [-0.2, -0.15) is 0 Å². The van der Waals surface area contributed by atoms with Crippen LogP contribution in [0.5, 0.6) is 0 Å². The van der Waals surface area contributed by atoms with Gasteiger partial charge >= 0.3 is 0 Å². The smallest absolute Gasteiger partial charge is 0.265 e. The van der Waals surface area contributed by atoms with Crippen LogP contribution in [0.2, 0.25) is 0 Å². The van der Waals surface area contributed by atoms with Gasteiger partial charge in [0.2, 0.25) is 5.91 Å². The lowest BCUT2D eigenvalue weighted by atomic mass is 10.4. The van der Waals surface area contributed by atoms with Gasteiger partial charge in [0, 0.05) is 25.2 Å². The van der Waals surface area contributed by atoms with Crippen LogP contribution in [0, 0.1) is 0 Å². The van der Waals surface area contributed by atoms with E-state index in [1.54, 1.807) is 4.90 Å². The summed E-state index contributed by atoms with van der Waals surface area (Å²) in [5.41, 5.74) is -0.749. The highest BCUT2D eigenvalue weighted by atomic mass is 16.2. The van der Waals surface area contributed by atoms with E-state index in [1.165, 1.54) is 0 Å². The second-order valence-electron chi connectivity index (χ2n) is 3.82. The van der Waals surface area contributed by atoms with Crippen LogP contribution in [-0.4, -0.2) is 33.7 Å². The molecule has 0 spiro atoms. The molecule has 1 amide bonds. The Kier molecular flexibility index (Phi) is 2.89. The summed E-state index contributed by atoms with van der Waals surface area (Å²) in [6.07, 6.45) is 2.01. The quantitative estimate of drug-likeness (QED) is 0.710. The van der Waals surface area contributed by atoms with Gasteiger partial charge < -0.3 is 4.90 Å². The molecule has 6 nitrogen and oxygen atoms in total. The summed E-state index contributed by atoms with van der Waals surface area (Å²) in [5, 5.41) is 2.33. The summed E-state index contributed by atoms with van der Waals surface area (Å²) in [7, 11) is 0. The molecule has 0 aromatic carbocycles. The van der Waals surface area contributed by atoms with Gasteiger partial charge in [0.1, 0.15) is 6.54 Å². The summed E-state index contributed by atoms with van der Waals surface area (Å²) < 4.78 is 1.04. The van der Waals surface area contributed by atoms with Crippen molar-refractivity contribution in [3.63, 3.8) is 0 Å². The Morgan fingerprint density at radius 2 is 1.94 bits per heavy atom. The molecule has 0 aliphatic carbocycles. The Morgan fingerprint density at radius 1 is 1.25 bits per heavy atom. The maximum absolute atomic E-state index is 11.7. The van der Waals surface area contributed by atoms with Crippen molar-refractivity contribution in [2.45, 2.75) is 19.4 Å². The first-order valence-corrected chi connectivity index (χ1v) is 5.25. The van der Waals surface area contributed by atoms with Crippen molar-refractivity contribution in [2.24, 2.45) is 0 Å². The molecule has 1 aromatic heterocycles. The van der Waals surface area contributed by atoms with E-state index in [0.29, 0.717) is 0 Å². The van der Waals surface area contributed by atoms with Gasteiger partial charge in [-0.05, 0) is 12.8 Å². The molecule has 0 bridgehead atoms. The number of carbonyl (C=O) groups is 1. The van der Waals surface area contributed by atoms with Gasteiger partial charge in [-0.25, -0.2) is 4.68 Å². The highest BCUT2D eigenvalue weighted by Crippen LogP contribution is 2.07. The van der Waals surface area contributed by atoms with Gasteiger partial charge in [-0.1, -0.05) is 0 Å². The lowest BCUT2D eigenvalue weighted by molar-refractivity contribution is -0.131. The zero-order valence-corrected chi connectivity index (χ0v) is 8.81. The number of nitrogens with one attached hydrogen (secondary N) is 1. The van der Waals surface area contributed by atoms with Crippen LogP contribution in [0.25, 0.3) is 0 Å². The van der Waals surface area contributed by atoms with Gasteiger partial charge in [0.25, 0.3) is 11.1 Å². The van der Waals surface area contributed by atoms with E-state index in [-0.39, 0.29) is 23.6 Å². The number of aromatic nitrogens is 2. The summed E-state index contributed by atoms with van der Waals surface area (Å²) >= 11 is 0. The van der Waals surface area contributed by atoms with Crippen molar-refractivity contribution in [2.75, 3.05) is 13.1 Å². The molecule has 0 saturated carbocycles. The molecule has 16 heavy (non-hydrogen) atoms. The summed E-state index contributed by atoms with van der Waals surface area (Å²) in [4.78, 5) is 35.8. The van der Waals surface area contributed by atoms with Gasteiger partial charge in [0.15, 0.2) is 0 Å². The van der Waals surface area contributed by atoms with Crippen LogP contribution in [0.3, 0.4) is 0 Å². The van der Waals surface area contributed by atoms with Crippen molar-refractivity contribution < 1.29 is 4.79 Å². The number of nitrogens with zero attached hydrogens (tertiary/aromatic N) is 2. The fraction of sp³-hybridized carbons (Fsp3) is 0.500. The summed E-state index contributed by atoms with van der Waals surface area (Å²) in [6, 6.07) is 2.31. The number of H-pyrrole nitrogens is 1. The van der Waals surface area contributed by atoms with Crippen LogP contribution in [-0.2, 0) is 11.3 Å². The number of rotatable bonds is 2. The van der Waals surface area contributed by atoms with Crippen LogP contribution in [0.1, 0.15) is 12.8 Å². The number of hydrogen-bond acceptors (Lipinski definition) is 3. The minimum atomic E-state index is -0.381. The monoisotopic (exact) mass is 223 g/mol. The van der Waals surface area contributed by atoms with Gasteiger partial charge in [0.05, 0.1) is 0 Å². The average molecular weight is 223 g/mol. The van der Waals surface area contributed by atoms with Crippen LogP contribution < -0.4 is 11.1 Å². The highest BCUT2D eigenvalue weighted by molar-refractivity contribution is 5.76. The number of carbonyl (C=O) groups excluding carboxylic acids is 1. The van der Waals surface area contributed by atoms with E-state index in [2.05, 4.69) is 5.10 Å². The summed E-state index contributed by atoms with van der Waals surface area (Å²) in [6.45, 7) is 1.39. The van der Waals surface area contributed by atoms with Crippen molar-refractivity contribution >= 4 is 5.91 Å². The molecule has 1 aliphatic heterocycles. The molecule has 6 heteroatoms. The second kappa shape index (κ2) is 4.34. The normalized spacial score (nSPS) is 15.4. The fourth-order valence-electron chi connectivity index (χ4n) is 1.78. The molecule has 0 atom stereocenters. The second-order valence-corrected chi connectivity index (χ2v) is 3.82. The van der Waals surface area contributed by atoms with E-state index in [4.69, 9.17) is 0 Å². The zero-order valence-electron chi connectivity index (χ0n) is 8.81. The zero-order chi connectivity index (χ0) is 11.5. The maximum atomic E-state index is 11.7. The Labute approximate surface area is 91.5 Å². The topological polar surface area (TPSA) is 75.2 Å². The van der Waals surface area contributed by atoms with Gasteiger partial charge in [-0.3, -0.25) is 19.5 Å². The Hall–Kier alpha value is -1.85. The van der Waals surface area contributed by atoms with Crippen molar-refractivity contribution in [3.8, 4) is 0 Å². The van der Waals surface area contributed by atoms with Gasteiger partial charge in [-0.15, -0.1) is 0 Å². The molecule has 86 valence electrons. The number of amides is 1. The molecular weight excluding hydrogens is 210 g/mol. The van der Waals surface area contributed by atoms with E-state index in [9.17, 15) is 14.4 Å². The molecule has 1 N–H and O–H groups in total. The molecule has 1 aliphatic rings. The minimum absolute atomic E-state index is 0.0884. The van der Waals surface area contributed by atoms with Crippen molar-refractivity contribution in [1.82, 2.24) is 14.7 Å². The predicted molar refractivity (Wildman–Crippen MR) is 57.1 cm³/mol. The van der Waals surface area contributed by atoms with E-state index >= 15 is 0 Å². The third-order valence-corrected chi connectivity index (χ3v) is 2.64. The lowest BCUT2D eigenvalue weighted by Crippen LogP contribution is -2.37. The largest absolute Gasteiger partial charge is 0.341 e. The Balaban J connectivity index is 2.14. The third-order valence-electron chi connectivity index (χ3n) is 2.64. The molecule has 1 aromatic rings. The standard InChI is InChI=1S/C10H13N3O3/c14-8-3-4-9(15)13(11-8)7-10(16)12-5-1-2-6-12/h3-4H,1-2,5-7H2,(H,11,14). The SMILES string of the molecule is O=C(Cn1[nH]c(=O)ccc1=O)N1CCCC1. The van der Waals surface area contributed by atoms with E-state index < -0.39 is 0 Å². The first-order valence-electron chi connectivity index (χ1n) is 5.25. The molecule has 1 fully saturated rings. The van der Waals surface area contributed by atoms with Crippen LogP contribution in [0.4, 0.5) is 0 Å². The maximum Gasteiger partial charge on any atom is 0.265 e. The average Bonchev–Trinajstić information content (AvgIpc) is 2.76. The highest BCUT2D eigenvalue weighted by Gasteiger charge is 2.18. The number of aromatic amines is 1. The van der Waals surface area contributed by atoms with Crippen LogP contribution >= 0.6 is 0 Å². The van der Waals surface area contributed by atoms with Crippen LogP contribution in [0.15, 0.2) is 21.7 Å². The third kappa shape index (κ3) is 2.21. The lowest BCUT2D eigenvalue weighted by Gasteiger charge is -2.15. The molecule has 1 saturated heterocycles. The Bertz CT molecular complexity index is 497. The van der Waals surface area contributed by atoms with Crippen molar-refractivity contribution in [3.05, 3.63) is 32.8 Å². The van der Waals surface area contributed by atoms with E-state index in [0.717, 1.165) is 42.7 Å². The molecule has 0 radical (unpaired) electrons. The fourth-order valence-corrected chi connectivity index (χ4v) is 1.78. The Morgan fingerprint density at radius 3 is 2.62 bits per heavy atom. The summed E-state index contributed by atoms with van der Waals surface area (Å²) in [5.74, 6) is -0.124. The predicted octanol–water partition coefficient (Wildman–Crippen LogP) is -0.841. The molecular formula is C10H13N3O3. The molecule has 2 heterocycles. The van der Waals surface area contributed by atoms with Crippen molar-refractivity contribution in [1.29, 1.82) is 0 Å². The first-order chi connectivity index (χ1) is 7.66. The number of likely N-dealkylation sites (tertiary alicyclic amines) is 1.